The largest absolute Gasteiger partial charge is 0.314 e. The van der Waals surface area contributed by atoms with Gasteiger partial charge in [-0.05, 0) is 25.7 Å². The molecule has 2 atom stereocenters. The Balaban J connectivity index is 1.24. The van der Waals surface area contributed by atoms with Crippen molar-refractivity contribution in [3.63, 3.8) is 0 Å². The number of amides is 4. The second kappa shape index (κ2) is 81.1. The van der Waals surface area contributed by atoms with Crippen LogP contribution >= 0.6 is 0 Å². The van der Waals surface area contributed by atoms with E-state index in [0.29, 0.717) is 39.0 Å². The van der Waals surface area contributed by atoms with Crippen molar-refractivity contribution in [3.05, 3.63) is 24.3 Å². The molecular weight excluding hydrogens is 1290 g/mol. The van der Waals surface area contributed by atoms with Crippen LogP contribution in [0.25, 0.3) is 0 Å². The van der Waals surface area contributed by atoms with Crippen LogP contribution in [0.4, 0.5) is 0 Å². The Kier molecular flexibility index (Phi) is 76.3. The summed E-state index contributed by atoms with van der Waals surface area (Å²) < 4.78 is 0. The zero-order valence-electron chi connectivity index (χ0n) is 70.9. The molecule has 2 aliphatic rings. The number of likely N-dealkylation sites (tertiary alicyclic amines) is 2. The molecule has 0 aromatic carbocycles. The van der Waals surface area contributed by atoms with Crippen LogP contribution in [-0.4, -0.2) is 85.8 Å². The molecule has 0 aromatic rings. The SMILES string of the molecule is CCCCCCCCCCCCCCCCCCCCCCCCCCCCCCCCCCCCC=CC1CC(=O)N(CCNCCNCCNCCN2C(=O)CC(C=CCCCCCCCCCCCCCCCCCCCCCCCCCCCCCCCCCCCCCCCC)C2=O)C1=O. The number of hydrogen-bond donors (Lipinski definition) is 3. The van der Waals surface area contributed by atoms with Crippen LogP contribution in [0.2, 0.25) is 0 Å². The normalized spacial score (nSPS) is 15.0. The van der Waals surface area contributed by atoms with Crippen molar-refractivity contribution in [2.45, 2.75) is 502 Å². The Labute approximate surface area is 655 Å². The number of carbonyl (C=O) groups excluding carboxylic acids is 4. The summed E-state index contributed by atoms with van der Waals surface area (Å²) in [5.74, 6) is -0.849. The fourth-order valence-corrected chi connectivity index (χ4v) is 16.5. The van der Waals surface area contributed by atoms with E-state index in [9.17, 15) is 19.2 Å². The van der Waals surface area contributed by atoms with Gasteiger partial charge in [0.1, 0.15) is 0 Å². The third kappa shape index (κ3) is 66.0. The van der Waals surface area contributed by atoms with Gasteiger partial charge < -0.3 is 16.0 Å². The van der Waals surface area contributed by atoms with Gasteiger partial charge in [0.25, 0.3) is 0 Å². The van der Waals surface area contributed by atoms with Crippen LogP contribution in [0.5, 0.6) is 0 Å². The number of imide groups is 2. The molecule has 2 aliphatic heterocycles. The van der Waals surface area contributed by atoms with Crippen LogP contribution in [-0.2, 0) is 19.2 Å². The summed E-state index contributed by atoms with van der Waals surface area (Å²) in [5, 5.41) is 10.1. The minimum Gasteiger partial charge on any atom is -0.314 e. The van der Waals surface area contributed by atoms with Gasteiger partial charge in [-0.1, -0.05) is 488 Å². The van der Waals surface area contributed by atoms with E-state index in [-0.39, 0.29) is 35.5 Å². The van der Waals surface area contributed by atoms with E-state index in [0.717, 1.165) is 51.9 Å². The summed E-state index contributed by atoms with van der Waals surface area (Å²) in [6, 6.07) is 0. The van der Waals surface area contributed by atoms with Crippen LogP contribution in [0, 0.1) is 11.8 Å². The second-order valence-electron chi connectivity index (χ2n) is 33.8. The molecule has 2 heterocycles. The predicted molar refractivity (Wildman–Crippen MR) is 460 cm³/mol. The smallest absolute Gasteiger partial charge is 0.236 e. The third-order valence-corrected chi connectivity index (χ3v) is 23.7. The van der Waals surface area contributed by atoms with E-state index in [1.807, 2.05) is 12.2 Å². The van der Waals surface area contributed by atoms with Crippen molar-refractivity contribution in [1.82, 2.24) is 25.8 Å². The number of rotatable bonds is 88. The molecule has 2 rings (SSSR count). The first-order valence-corrected chi connectivity index (χ1v) is 48.1. The molecule has 9 heteroatoms. The maximum atomic E-state index is 13.0. The number of allylic oxidation sites excluding steroid dienone is 2. The average Bonchev–Trinajstić information content (AvgIpc) is 1.71. The van der Waals surface area contributed by atoms with Gasteiger partial charge in [0.05, 0.1) is 11.8 Å². The van der Waals surface area contributed by atoms with E-state index in [4.69, 9.17) is 0 Å². The highest BCUT2D eigenvalue weighted by molar-refractivity contribution is 6.05. The first-order valence-electron chi connectivity index (χ1n) is 48.1. The Morgan fingerprint density at radius 2 is 0.381 bits per heavy atom. The lowest BCUT2D eigenvalue weighted by atomic mass is 10.0. The van der Waals surface area contributed by atoms with Crippen molar-refractivity contribution in [2.24, 2.45) is 11.8 Å². The number of hydrogen-bond acceptors (Lipinski definition) is 7. The molecule has 0 aromatic heterocycles. The minimum atomic E-state index is -0.309. The van der Waals surface area contributed by atoms with Crippen molar-refractivity contribution < 1.29 is 19.2 Å². The molecule has 3 N–H and O–H groups in total. The van der Waals surface area contributed by atoms with Crippen molar-refractivity contribution in [1.29, 1.82) is 0 Å². The molecule has 0 spiro atoms. The topological polar surface area (TPSA) is 111 Å². The highest BCUT2D eigenvalue weighted by Crippen LogP contribution is 2.25. The number of nitrogens with one attached hydrogen (secondary N) is 3. The van der Waals surface area contributed by atoms with E-state index in [1.165, 1.54) is 459 Å². The van der Waals surface area contributed by atoms with Gasteiger partial charge in [-0.3, -0.25) is 29.0 Å². The van der Waals surface area contributed by atoms with Crippen molar-refractivity contribution in [3.8, 4) is 0 Å². The Bertz CT molecular complexity index is 1910. The number of carbonyl (C=O) groups is 4. The maximum Gasteiger partial charge on any atom is 0.236 e. The van der Waals surface area contributed by atoms with Crippen LogP contribution in [0.3, 0.4) is 0 Å². The van der Waals surface area contributed by atoms with Gasteiger partial charge in [-0.2, -0.15) is 0 Å². The van der Waals surface area contributed by atoms with Gasteiger partial charge in [0, 0.05) is 65.2 Å². The average molecular weight is 1470 g/mol. The molecule has 0 radical (unpaired) electrons. The van der Waals surface area contributed by atoms with E-state index in [1.54, 1.807) is 0 Å². The van der Waals surface area contributed by atoms with Crippen LogP contribution in [0.1, 0.15) is 502 Å². The number of unbranched alkanes of at least 4 members (excludes halogenated alkanes) is 72. The van der Waals surface area contributed by atoms with Crippen molar-refractivity contribution in [2.75, 3.05) is 52.4 Å². The first kappa shape index (κ1) is 98.7. The van der Waals surface area contributed by atoms with Gasteiger partial charge in [0.2, 0.25) is 23.6 Å². The van der Waals surface area contributed by atoms with E-state index < -0.39 is 0 Å². The fraction of sp³-hybridized carbons (Fsp3) is 0.917. The molecular formula is C96H183N5O4. The Hall–Kier alpha value is -2.36. The molecule has 0 aliphatic carbocycles. The number of nitrogens with zero attached hydrogens (tertiary/aromatic N) is 2. The fourth-order valence-electron chi connectivity index (χ4n) is 16.5. The van der Waals surface area contributed by atoms with Crippen LogP contribution in [0.15, 0.2) is 24.3 Å². The van der Waals surface area contributed by atoms with Gasteiger partial charge in [-0.15, -0.1) is 0 Å². The highest BCUT2D eigenvalue weighted by Gasteiger charge is 2.37. The standard InChI is InChI=1S/C96H183N5O4/c1-3-5-7-9-11-13-15-17-19-21-23-25-27-29-31-33-35-37-39-41-42-43-44-46-48-50-52-54-56-58-60-62-64-66-68-70-72-74-76-78-80-92-90-94(103)101(96(92)105)88-86-99-84-82-97-81-83-98-85-87-100-93(102)89-91(95(100)104)79-77-75-73-71-69-67-65-63-61-59-57-55-53-51-49-47-45-40-38-36-34-32-30-28-26-24-22-20-18-16-14-12-10-8-6-4-2/h77-80,91-92,97-99H,3-76,81-90H2,1-2H3. The van der Waals surface area contributed by atoms with E-state index >= 15 is 0 Å². The molecule has 0 saturated carbocycles. The molecule has 105 heavy (non-hydrogen) atoms. The molecule has 2 fully saturated rings. The van der Waals surface area contributed by atoms with Crippen molar-refractivity contribution >= 4 is 23.6 Å². The zero-order valence-corrected chi connectivity index (χ0v) is 70.9. The van der Waals surface area contributed by atoms with Crippen LogP contribution < -0.4 is 16.0 Å². The lowest BCUT2D eigenvalue weighted by Crippen LogP contribution is -2.40. The molecule has 616 valence electrons. The van der Waals surface area contributed by atoms with Gasteiger partial charge in [0.15, 0.2) is 0 Å². The summed E-state index contributed by atoms with van der Waals surface area (Å²) in [6.45, 7) is 9.63. The highest BCUT2D eigenvalue weighted by atomic mass is 16.2. The molecule has 2 unspecified atom stereocenters. The van der Waals surface area contributed by atoms with Gasteiger partial charge in [-0.25, -0.2) is 0 Å². The summed E-state index contributed by atoms with van der Waals surface area (Å²) in [5.41, 5.74) is 0. The summed E-state index contributed by atoms with van der Waals surface area (Å²) in [7, 11) is 0. The summed E-state index contributed by atoms with van der Waals surface area (Å²) in [4.78, 5) is 54.3. The van der Waals surface area contributed by atoms with E-state index in [2.05, 4.69) is 41.9 Å². The summed E-state index contributed by atoms with van der Waals surface area (Å²) >= 11 is 0. The quantitative estimate of drug-likeness (QED) is 0.0316. The zero-order chi connectivity index (χ0) is 75.0. The monoisotopic (exact) mass is 1470 g/mol. The molecule has 4 amide bonds. The predicted octanol–water partition coefficient (Wildman–Crippen LogP) is 28.5. The molecule has 2 saturated heterocycles. The minimum absolute atomic E-state index is 0.0547. The summed E-state index contributed by atoms with van der Waals surface area (Å²) in [6.07, 6.45) is 114. The molecule has 0 bridgehead atoms. The maximum absolute atomic E-state index is 13.0. The molecule has 9 nitrogen and oxygen atoms in total. The first-order chi connectivity index (χ1) is 52.0. The third-order valence-electron chi connectivity index (χ3n) is 23.7. The van der Waals surface area contributed by atoms with Gasteiger partial charge >= 0.3 is 0 Å². The lowest BCUT2D eigenvalue weighted by molar-refractivity contribution is -0.140. The Morgan fingerprint density at radius 1 is 0.229 bits per heavy atom. The Morgan fingerprint density at radius 3 is 0.552 bits per heavy atom. The second-order valence-corrected chi connectivity index (χ2v) is 33.8. The lowest BCUT2D eigenvalue weighted by Gasteiger charge is -2.15.